The number of hydrogen-bond acceptors (Lipinski definition) is 7. The first kappa shape index (κ1) is 20.1. The molecule has 142 valence electrons. The molecular formula is C19H25NO6. The molecule has 0 aromatic carbocycles. The second-order valence-electron chi connectivity index (χ2n) is 6.39. The summed E-state index contributed by atoms with van der Waals surface area (Å²) in [6.07, 6.45) is 7.54. The van der Waals surface area contributed by atoms with Gasteiger partial charge in [-0.1, -0.05) is 18.2 Å². The monoisotopic (exact) mass is 363 g/mol. The van der Waals surface area contributed by atoms with Gasteiger partial charge in [-0.15, -0.1) is 6.58 Å². The van der Waals surface area contributed by atoms with Crippen LogP contribution < -0.4 is 0 Å². The van der Waals surface area contributed by atoms with E-state index in [9.17, 15) is 14.9 Å². The molecule has 26 heavy (non-hydrogen) atoms. The van der Waals surface area contributed by atoms with Crippen LogP contribution in [0.2, 0.25) is 0 Å². The summed E-state index contributed by atoms with van der Waals surface area (Å²) >= 11 is 0. The van der Waals surface area contributed by atoms with E-state index in [2.05, 4.69) is 6.58 Å². The number of ether oxygens (including phenoxy) is 4. The first-order valence-electron chi connectivity index (χ1n) is 8.85. The molecule has 0 radical (unpaired) electrons. The SMILES string of the molecule is C=CC(CC/C=C/CC(=O)OCC1CO1)CC(C#N)C(=O)OCC1CO1. The highest BCUT2D eigenvalue weighted by molar-refractivity contribution is 5.75. The van der Waals surface area contributed by atoms with Crippen molar-refractivity contribution in [1.29, 1.82) is 5.26 Å². The Morgan fingerprint density at radius 1 is 1.19 bits per heavy atom. The average Bonchev–Trinajstić information content (AvgIpc) is 3.55. The lowest BCUT2D eigenvalue weighted by atomic mass is 9.91. The third-order valence-electron chi connectivity index (χ3n) is 4.11. The quantitative estimate of drug-likeness (QED) is 0.280. The van der Waals surface area contributed by atoms with Gasteiger partial charge in [0.2, 0.25) is 0 Å². The summed E-state index contributed by atoms with van der Waals surface area (Å²) in [7, 11) is 0. The molecule has 0 saturated carbocycles. The molecule has 0 aliphatic carbocycles. The first-order chi connectivity index (χ1) is 12.6. The van der Waals surface area contributed by atoms with E-state index in [4.69, 9.17) is 18.9 Å². The van der Waals surface area contributed by atoms with Crippen LogP contribution in [-0.4, -0.2) is 50.6 Å². The van der Waals surface area contributed by atoms with Crippen LogP contribution in [0, 0.1) is 23.2 Å². The van der Waals surface area contributed by atoms with Gasteiger partial charge in [0.25, 0.3) is 0 Å². The van der Waals surface area contributed by atoms with E-state index >= 15 is 0 Å². The number of carbonyl (C=O) groups excluding carboxylic acids is 2. The van der Waals surface area contributed by atoms with E-state index in [1.54, 1.807) is 12.2 Å². The van der Waals surface area contributed by atoms with Crippen LogP contribution in [0.25, 0.3) is 0 Å². The van der Waals surface area contributed by atoms with Crippen molar-refractivity contribution in [3.63, 3.8) is 0 Å². The standard InChI is InChI=1S/C19H25NO6/c1-2-14(8-15(9-20)19(22)26-13-17-11-24-17)6-4-3-5-7-18(21)25-12-16-10-23-16/h2-3,5,14-17H,1,4,6-8,10-13H2/b5-3+. The van der Waals surface area contributed by atoms with E-state index < -0.39 is 11.9 Å². The Balaban J connectivity index is 1.60. The van der Waals surface area contributed by atoms with Gasteiger partial charge in [0.1, 0.15) is 31.3 Å². The van der Waals surface area contributed by atoms with Crippen LogP contribution in [0.1, 0.15) is 25.7 Å². The number of rotatable bonds is 13. The molecular weight excluding hydrogens is 338 g/mol. The lowest BCUT2D eigenvalue weighted by molar-refractivity contribution is -0.147. The molecule has 0 spiro atoms. The highest BCUT2D eigenvalue weighted by Crippen LogP contribution is 2.20. The van der Waals surface area contributed by atoms with Crippen molar-refractivity contribution in [2.24, 2.45) is 11.8 Å². The van der Waals surface area contributed by atoms with Crippen molar-refractivity contribution in [2.45, 2.75) is 37.9 Å². The van der Waals surface area contributed by atoms with E-state index in [0.29, 0.717) is 26.2 Å². The predicted molar refractivity (Wildman–Crippen MR) is 91.8 cm³/mol. The smallest absolute Gasteiger partial charge is 0.323 e. The second kappa shape index (κ2) is 10.7. The van der Waals surface area contributed by atoms with E-state index in [1.807, 2.05) is 12.1 Å². The van der Waals surface area contributed by atoms with Crippen LogP contribution in [0.3, 0.4) is 0 Å². The normalized spacial score (nSPS) is 22.9. The van der Waals surface area contributed by atoms with Gasteiger partial charge in [-0.2, -0.15) is 5.26 Å². The van der Waals surface area contributed by atoms with Crippen molar-refractivity contribution in [2.75, 3.05) is 26.4 Å². The Labute approximate surface area is 153 Å². The van der Waals surface area contributed by atoms with E-state index in [1.165, 1.54) is 0 Å². The molecule has 0 bridgehead atoms. The number of nitrogens with zero attached hydrogens (tertiary/aromatic N) is 1. The minimum atomic E-state index is -0.805. The minimum absolute atomic E-state index is 0.0119. The van der Waals surface area contributed by atoms with Crippen LogP contribution >= 0.6 is 0 Å². The predicted octanol–water partition coefficient (Wildman–Crippen LogP) is 1.93. The molecule has 2 rings (SSSR count). The summed E-state index contributed by atoms with van der Waals surface area (Å²) in [5, 5.41) is 9.20. The summed E-state index contributed by atoms with van der Waals surface area (Å²) in [5.41, 5.74) is 0. The molecule has 2 heterocycles. The zero-order chi connectivity index (χ0) is 18.8. The molecule has 7 heteroatoms. The van der Waals surface area contributed by atoms with Crippen LogP contribution in [0.4, 0.5) is 0 Å². The topological polar surface area (TPSA) is 101 Å². The Morgan fingerprint density at radius 2 is 1.85 bits per heavy atom. The molecule has 0 aromatic rings. The van der Waals surface area contributed by atoms with Crippen LogP contribution in [-0.2, 0) is 28.5 Å². The fourth-order valence-electron chi connectivity index (χ4n) is 2.29. The third kappa shape index (κ3) is 8.28. The number of carbonyl (C=O) groups is 2. The van der Waals surface area contributed by atoms with E-state index in [0.717, 1.165) is 12.8 Å². The minimum Gasteiger partial charge on any atom is -0.463 e. The number of epoxide rings is 2. The molecule has 2 saturated heterocycles. The van der Waals surface area contributed by atoms with E-state index in [-0.39, 0.29) is 37.1 Å². The first-order valence-corrected chi connectivity index (χ1v) is 8.85. The molecule has 4 atom stereocenters. The van der Waals surface area contributed by atoms with Crippen LogP contribution in [0.15, 0.2) is 24.8 Å². The van der Waals surface area contributed by atoms with Crippen molar-refractivity contribution in [3.05, 3.63) is 24.8 Å². The van der Waals surface area contributed by atoms with Crippen molar-refractivity contribution in [1.82, 2.24) is 0 Å². The average molecular weight is 363 g/mol. The fourth-order valence-corrected chi connectivity index (χ4v) is 2.29. The molecule has 4 unspecified atom stereocenters. The summed E-state index contributed by atoms with van der Waals surface area (Å²) in [6, 6.07) is 2.00. The molecule has 2 aliphatic heterocycles. The Hall–Kier alpha value is -2.17. The highest BCUT2D eigenvalue weighted by atomic mass is 16.6. The number of nitriles is 1. The van der Waals surface area contributed by atoms with Crippen LogP contribution in [0.5, 0.6) is 0 Å². The molecule has 0 amide bonds. The molecule has 2 aliphatic rings. The zero-order valence-electron chi connectivity index (χ0n) is 14.8. The molecule has 0 aromatic heterocycles. The van der Waals surface area contributed by atoms with Gasteiger partial charge in [-0.05, 0) is 25.2 Å². The molecule has 7 nitrogen and oxygen atoms in total. The Bertz CT molecular complexity index is 559. The fraction of sp³-hybridized carbons (Fsp3) is 0.632. The largest absolute Gasteiger partial charge is 0.463 e. The molecule has 0 N–H and O–H groups in total. The zero-order valence-corrected chi connectivity index (χ0v) is 14.8. The van der Waals surface area contributed by atoms with Gasteiger partial charge in [0.05, 0.1) is 25.7 Å². The number of hydrogen-bond donors (Lipinski definition) is 0. The van der Waals surface area contributed by atoms with Gasteiger partial charge in [0, 0.05) is 0 Å². The van der Waals surface area contributed by atoms with Gasteiger partial charge >= 0.3 is 11.9 Å². The third-order valence-corrected chi connectivity index (χ3v) is 4.11. The van der Waals surface area contributed by atoms with Crippen molar-refractivity contribution < 1.29 is 28.5 Å². The molecule has 2 fully saturated rings. The van der Waals surface area contributed by atoms with Gasteiger partial charge < -0.3 is 18.9 Å². The van der Waals surface area contributed by atoms with Gasteiger partial charge in [-0.3, -0.25) is 9.59 Å². The number of esters is 2. The lowest BCUT2D eigenvalue weighted by Gasteiger charge is -2.14. The van der Waals surface area contributed by atoms with Gasteiger partial charge in [0.15, 0.2) is 0 Å². The summed E-state index contributed by atoms with van der Waals surface area (Å²) < 4.78 is 20.0. The summed E-state index contributed by atoms with van der Waals surface area (Å²) in [5.74, 6) is -1.56. The Morgan fingerprint density at radius 3 is 2.42 bits per heavy atom. The van der Waals surface area contributed by atoms with Crippen molar-refractivity contribution >= 4 is 11.9 Å². The maximum Gasteiger partial charge on any atom is 0.323 e. The van der Waals surface area contributed by atoms with Gasteiger partial charge in [-0.25, -0.2) is 0 Å². The summed E-state index contributed by atoms with van der Waals surface area (Å²) in [6.45, 7) is 5.58. The highest BCUT2D eigenvalue weighted by Gasteiger charge is 2.28. The Kier molecular flexibility index (Phi) is 8.32. The van der Waals surface area contributed by atoms with Crippen molar-refractivity contribution in [3.8, 4) is 6.07 Å². The number of allylic oxidation sites excluding steroid dienone is 2. The lowest BCUT2D eigenvalue weighted by Crippen LogP contribution is -2.21. The summed E-state index contributed by atoms with van der Waals surface area (Å²) in [4.78, 5) is 23.4. The maximum absolute atomic E-state index is 11.9. The second-order valence-corrected chi connectivity index (χ2v) is 6.39. The maximum atomic E-state index is 11.9.